The molecule has 18 heavy (non-hydrogen) atoms. The maximum atomic E-state index is 12.4. The molecule has 0 spiro atoms. The monoisotopic (exact) mass is 310 g/mol. The van der Waals surface area contributed by atoms with E-state index in [4.69, 9.17) is 23.2 Å². The fourth-order valence-electron chi connectivity index (χ4n) is 1.48. The summed E-state index contributed by atoms with van der Waals surface area (Å²) in [5.41, 5.74) is -0.0959. The number of hydrogen-bond acceptors (Lipinski definition) is 1. The van der Waals surface area contributed by atoms with Gasteiger partial charge in [0.2, 0.25) is 0 Å². The highest BCUT2D eigenvalue weighted by Crippen LogP contribution is 2.38. The zero-order valence-electron chi connectivity index (χ0n) is 8.84. The minimum absolute atomic E-state index is 0.528. The molecule has 6 heteroatoms. The maximum absolute atomic E-state index is 12.4. The van der Waals surface area contributed by atoms with Gasteiger partial charge in [0.05, 0.1) is 16.0 Å². The third-order valence-electron chi connectivity index (χ3n) is 2.41. The van der Waals surface area contributed by atoms with E-state index in [1.165, 1.54) is 23.5 Å². The second-order valence-electron chi connectivity index (χ2n) is 3.62. The van der Waals surface area contributed by atoms with Gasteiger partial charge >= 0.3 is 6.18 Å². The Bertz CT molecular complexity index is 531. The summed E-state index contributed by atoms with van der Waals surface area (Å²) in [7, 11) is 0. The molecular formula is C12H7Cl2F3S. The third kappa shape index (κ3) is 2.82. The van der Waals surface area contributed by atoms with Crippen molar-refractivity contribution in [2.45, 2.75) is 11.6 Å². The molecular weight excluding hydrogens is 304 g/mol. The summed E-state index contributed by atoms with van der Waals surface area (Å²) in [6.07, 6.45) is -4.33. The fourth-order valence-corrected chi connectivity index (χ4v) is 3.12. The van der Waals surface area contributed by atoms with Gasteiger partial charge in [-0.25, -0.2) is 0 Å². The molecule has 0 amide bonds. The SMILES string of the molecule is FC(F)(F)c1ccc(C(Cl)c2sccc2Cl)cc1. The predicted octanol–water partition coefficient (Wildman–Crippen LogP) is 5.75. The molecule has 0 aliphatic carbocycles. The molecule has 0 aliphatic rings. The van der Waals surface area contributed by atoms with E-state index in [2.05, 4.69) is 0 Å². The molecule has 0 nitrogen and oxygen atoms in total. The first-order valence-corrected chi connectivity index (χ1v) is 6.63. The maximum Gasteiger partial charge on any atom is 0.416 e. The molecule has 1 aromatic carbocycles. The molecule has 1 heterocycles. The van der Waals surface area contributed by atoms with Gasteiger partial charge in [-0.15, -0.1) is 22.9 Å². The fraction of sp³-hybridized carbons (Fsp3) is 0.167. The van der Waals surface area contributed by atoms with Crippen molar-refractivity contribution in [3.05, 3.63) is 56.7 Å². The van der Waals surface area contributed by atoms with E-state index in [0.29, 0.717) is 10.6 Å². The van der Waals surface area contributed by atoms with Crippen LogP contribution in [0.1, 0.15) is 21.4 Å². The molecule has 96 valence electrons. The third-order valence-corrected chi connectivity index (χ3v) is 4.43. The molecule has 2 aromatic rings. The lowest BCUT2D eigenvalue weighted by atomic mass is 10.1. The smallest absolute Gasteiger partial charge is 0.166 e. The molecule has 1 aromatic heterocycles. The largest absolute Gasteiger partial charge is 0.416 e. The van der Waals surface area contributed by atoms with Crippen molar-refractivity contribution in [1.29, 1.82) is 0 Å². The van der Waals surface area contributed by atoms with Crippen LogP contribution in [-0.2, 0) is 6.18 Å². The van der Waals surface area contributed by atoms with Crippen LogP contribution >= 0.6 is 34.5 Å². The Balaban J connectivity index is 2.28. The molecule has 0 bridgehead atoms. The Hall–Kier alpha value is -0.710. The van der Waals surface area contributed by atoms with Crippen LogP contribution in [0.3, 0.4) is 0 Å². The number of hydrogen-bond donors (Lipinski definition) is 0. The average Bonchev–Trinajstić information content (AvgIpc) is 2.73. The highest BCUT2D eigenvalue weighted by atomic mass is 35.5. The Labute approximate surface area is 116 Å². The molecule has 0 fully saturated rings. The van der Waals surface area contributed by atoms with Gasteiger partial charge in [0.1, 0.15) is 0 Å². The number of halogens is 5. The summed E-state index contributed by atoms with van der Waals surface area (Å²) < 4.78 is 37.2. The van der Waals surface area contributed by atoms with Crippen molar-refractivity contribution in [3.8, 4) is 0 Å². The van der Waals surface area contributed by atoms with E-state index in [9.17, 15) is 13.2 Å². The first-order chi connectivity index (χ1) is 8.39. The predicted molar refractivity (Wildman–Crippen MR) is 68.5 cm³/mol. The Morgan fingerprint density at radius 2 is 1.67 bits per heavy atom. The van der Waals surface area contributed by atoms with Crippen molar-refractivity contribution in [2.75, 3.05) is 0 Å². The van der Waals surface area contributed by atoms with Gasteiger partial charge in [-0.2, -0.15) is 13.2 Å². The van der Waals surface area contributed by atoms with Gasteiger partial charge in [0, 0.05) is 4.88 Å². The number of benzene rings is 1. The summed E-state index contributed by atoms with van der Waals surface area (Å²) in [5.74, 6) is 0. The van der Waals surface area contributed by atoms with Crippen LogP contribution < -0.4 is 0 Å². The normalized spacial score (nSPS) is 13.6. The quantitative estimate of drug-likeness (QED) is 0.620. The van der Waals surface area contributed by atoms with Gasteiger partial charge in [-0.05, 0) is 29.1 Å². The molecule has 1 atom stereocenters. The number of thiophene rings is 1. The van der Waals surface area contributed by atoms with Crippen LogP contribution in [0.25, 0.3) is 0 Å². The van der Waals surface area contributed by atoms with Crippen LogP contribution in [0.4, 0.5) is 13.2 Å². The molecule has 0 aliphatic heterocycles. The van der Waals surface area contributed by atoms with Crippen molar-refractivity contribution in [3.63, 3.8) is 0 Å². The Morgan fingerprint density at radius 3 is 2.11 bits per heavy atom. The molecule has 0 saturated carbocycles. The van der Waals surface area contributed by atoms with Crippen LogP contribution in [0, 0.1) is 0 Å². The summed E-state index contributed by atoms with van der Waals surface area (Å²) in [5, 5.41) is 1.79. The number of rotatable bonds is 2. The summed E-state index contributed by atoms with van der Waals surface area (Å²) in [4.78, 5) is 0.734. The summed E-state index contributed by atoms with van der Waals surface area (Å²) in [6.45, 7) is 0. The molecule has 0 N–H and O–H groups in total. The van der Waals surface area contributed by atoms with Gasteiger partial charge in [0.25, 0.3) is 0 Å². The average molecular weight is 311 g/mol. The van der Waals surface area contributed by atoms with Gasteiger partial charge in [-0.3, -0.25) is 0 Å². The topological polar surface area (TPSA) is 0 Å². The molecule has 0 radical (unpaired) electrons. The van der Waals surface area contributed by atoms with Crippen molar-refractivity contribution in [2.24, 2.45) is 0 Å². The lowest BCUT2D eigenvalue weighted by Crippen LogP contribution is -2.04. The van der Waals surface area contributed by atoms with Crippen molar-refractivity contribution in [1.82, 2.24) is 0 Å². The Morgan fingerprint density at radius 1 is 1.06 bits per heavy atom. The van der Waals surface area contributed by atoms with E-state index < -0.39 is 17.1 Å². The van der Waals surface area contributed by atoms with E-state index in [-0.39, 0.29) is 0 Å². The van der Waals surface area contributed by atoms with Gasteiger partial charge < -0.3 is 0 Å². The highest BCUT2D eigenvalue weighted by molar-refractivity contribution is 7.11. The van der Waals surface area contributed by atoms with Crippen molar-refractivity contribution < 1.29 is 13.2 Å². The van der Waals surface area contributed by atoms with Crippen LogP contribution in [0.5, 0.6) is 0 Å². The molecule has 1 unspecified atom stereocenters. The summed E-state index contributed by atoms with van der Waals surface area (Å²) in [6, 6.07) is 6.49. The van der Waals surface area contributed by atoms with Crippen LogP contribution in [0.2, 0.25) is 5.02 Å². The van der Waals surface area contributed by atoms with E-state index in [1.54, 1.807) is 11.4 Å². The minimum atomic E-state index is -4.33. The van der Waals surface area contributed by atoms with E-state index >= 15 is 0 Å². The first-order valence-electron chi connectivity index (χ1n) is 4.93. The first kappa shape index (κ1) is 13.7. The second kappa shape index (κ2) is 5.11. The minimum Gasteiger partial charge on any atom is -0.166 e. The standard InChI is InChI=1S/C12H7Cl2F3S/c13-9-5-6-18-11(9)10(14)7-1-3-8(4-2-7)12(15,16)17/h1-6,10H. The van der Waals surface area contributed by atoms with E-state index in [0.717, 1.165) is 17.0 Å². The summed E-state index contributed by atoms with van der Waals surface area (Å²) >= 11 is 13.5. The van der Waals surface area contributed by atoms with E-state index in [1.807, 2.05) is 0 Å². The zero-order chi connectivity index (χ0) is 13.3. The van der Waals surface area contributed by atoms with Crippen molar-refractivity contribution >= 4 is 34.5 Å². The lowest BCUT2D eigenvalue weighted by molar-refractivity contribution is -0.137. The molecule has 2 rings (SSSR count). The van der Waals surface area contributed by atoms with Gasteiger partial charge in [-0.1, -0.05) is 23.7 Å². The number of alkyl halides is 4. The highest BCUT2D eigenvalue weighted by Gasteiger charge is 2.30. The van der Waals surface area contributed by atoms with Crippen LogP contribution in [-0.4, -0.2) is 0 Å². The zero-order valence-corrected chi connectivity index (χ0v) is 11.2. The van der Waals surface area contributed by atoms with Crippen LogP contribution in [0.15, 0.2) is 35.7 Å². The molecule has 0 saturated heterocycles. The second-order valence-corrected chi connectivity index (χ2v) is 5.41. The van der Waals surface area contributed by atoms with Gasteiger partial charge in [0.15, 0.2) is 0 Å². The lowest BCUT2D eigenvalue weighted by Gasteiger charge is -2.11. The Kier molecular flexibility index (Phi) is 3.90.